The monoisotopic (exact) mass is 676 g/mol. The molecule has 0 saturated carbocycles. The van der Waals surface area contributed by atoms with E-state index < -0.39 is 28.7 Å². The van der Waals surface area contributed by atoms with E-state index in [9.17, 15) is 25.5 Å². The largest absolute Gasteiger partial charge is 0.504 e. The maximum absolute atomic E-state index is 11.1. The molecule has 6 nitrogen and oxygen atoms in total. The van der Waals surface area contributed by atoms with Gasteiger partial charge in [-0.15, -0.1) is 0 Å². The Kier molecular flexibility index (Phi) is 6.23. The second kappa shape index (κ2) is 10.9. The molecular weight excluding hydrogens is 649 g/mol. The van der Waals surface area contributed by atoms with Gasteiger partial charge in [0.1, 0.15) is 11.2 Å². The summed E-state index contributed by atoms with van der Waals surface area (Å²) in [7, 11) is 0. The topological polar surface area (TPSA) is 114 Å². The molecular formula is C46H28O6. The summed E-state index contributed by atoms with van der Waals surface area (Å²) in [5.41, 5.74) is 5.72. The summed E-state index contributed by atoms with van der Waals surface area (Å²) in [5, 5.41) is 63.0. The van der Waals surface area contributed by atoms with Crippen LogP contribution in [-0.2, 0) is 0 Å². The van der Waals surface area contributed by atoms with Crippen LogP contribution in [0.5, 0.6) is 28.7 Å². The zero-order chi connectivity index (χ0) is 35.2. The first-order chi connectivity index (χ1) is 25.4. The highest BCUT2D eigenvalue weighted by molar-refractivity contribution is 6.26. The Hall–Kier alpha value is -7.18. The van der Waals surface area contributed by atoms with Gasteiger partial charge in [0.2, 0.25) is 17.2 Å². The lowest BCUT2D eigenvalue weighted by atomic mass is 9.84. The van der Waals surface area contributed by atoms with Gasteiger partial charge in [-0.2, -0.15) is 0 Å². The van der Waals surface area contributed by atoms with E-state index in [4.69, 9.17) is 4.42 Å². The standard InChI is InChI=1S/C46H28O6/c47-42-41(43(48)45(50)46(51)44(42)49)40-32-13-5-3-11-30(32)38(31-12-4-6-14-33(31)40)35-17-8-18-36-39(35)34-22-20-25(23-37(34)52-36)27-15-7-16-28-26-10-2-1-9-24(26)19-21-29(27)28/h1-23,47-51H. The zero-order valence-corrected chi connectivity index (χ0v) is 27.4. The number of hydrogen-bond donors (Lipinski definition) is 5. The summed E-state index contributed by atoms with van der Waals surface area (Å²) in [6.45, 7) is 0. The van der Waals surface area contributed by atoms with E-state index in [-0.39, 0.29) is 5.56 Å². The summed E-state index contributed by atoms with van der Waals surface area (Å²) < 4.78 is 6.60. The highest BCUT2D eigenvalue weighted by atomic mass is 16.4. The van der Waals surface area contributed by atoms with Crippen molar-refractivity contribution in [1.29, 1.82) is 0 Å². The van der Waals surface area contributed by atoms with E-state index in [0.717, 1.165) is 55.0 Å². The van der Waals surface area contributed by atoms with Crippen molar-refractivity contribution in [2.75, 3.05) is 0 Å². The van der Waals surface area contributed by atoms with Gasteiger partial charge in [-0.25, -0.2) is 0 Å². The van der Waals surface area contributed by atoms with Gasteiger partial charge in [0.25, 0.3) is 0 Å². The number of furan rings is 1. The smallest absolute Gasteiger partial charge is 0.208 e. The Labute approximate surface area is 295 Å². The molecule has 0 aliphatic heterocycles. The van der Waals surface area contributed by atoms with Crippen molar-refractivity contribution in [2.45, 2.75) is 0 Å². The minimum absolute atomic E-state index is 0.187. The molecule has 0 fully saturated rings. The SMILES string of the molecule is Oc1c(O)c(O)c(-c2c3ccccc3c(-c3cccc4oc5cc(-c6cccc7c6ccc6ccccc67)ccc5c34)c3ccccc23)c(O)c1O. The number of hydrogen-bond acceptors (Lipinski definition) is 6. The Morgan fingerprint density at radius 2 is 0.865 bits per heavy atom. The first-order valence-electron chi connectivity index (χ1n) is 16.9. The van der Waals surface area contributed by atoms with Gasteiger partial charge in [-0.1, -0.05) is 121 Å². The second-order valence-electron chi connectivity index (χ2n) is 13.1. The van der Waals surface area contributed by atoms with Gasteiger partial charge in [0.05, 0.1) is 5.56 Å². The Balaban J connectivity index is 1.24. The molecule has 10 aromatic rings. The normalized spacial score (nSPS) is 11.8. The van der Waals surface area contributed by atoms with Crippen LogP contribution in [0.2, 0.25) is 0 Å². The molecule has 10 rings (SSSR count). The third kappa shape index (κ3) is 4.06. The van der Waals surface area contributed by atoms with Crippen molar-refractivity contribution in [3.63, 3.8) is 0 Å². The fraction of sp³-hybridized carbons (Fsp3) is 0. The molecule has 248 valence electrons. The maximum atomic E-state index is 11.1. The maximum Gasteiger partial charge on any atom is 0.208 e. The van der Waals surface area contributed by atoms with Crippen LogP contribution in [0.25, 0.3) is 98.4 Å². The highest BCUT2D eigenvalue weighted by Gasteiger charge is 2.28. The summed E-state index contributed by atoms with van der Waals surface area (Å²) >= 11 is 0. The number of fused-ring (bicyclic) bond motifs is 8. The predicted octanol–water partition coefficient (Wildman–Crippen LogP) is 11.7. The van der Waals surface area contributed by atoms with Crippen LogP contribution in [0.15, 0.2) is 144 Å². The van der Waals surface area contributed by atoms with Crippen LogP contribution < -0.4 is 0 Å². The van der Waals surface area contributed by atoms with Crippen molar-refractivity contribution < 1.29 is 29.9 Å². The molecule has 0 aliphatic rings. The third-order valence-electron chi connectivity index (χ3n) is 10.4. The fourth-order valence-corrected chi connectivity index (χ4v) is 8.10. The number of aromatic hydroxyl groups is 5. The van der Waals surface area contributed by atoms with Gasteiger partial charge in [-0.05, 0) is 83.5 Å². The first-order valence-corrected chi connectivity index (χ1v) is 16.9. The first kappa shape index (κ1) is 29.7. The minimum atomic E-state index is -1.00. The van der Waals surface area contributed by atoms with Crippen LogP contribution in [-0.4, -0.2) is 25.5 Å². The molecule has 52 heavy (non-hydrogen) atoms. The molecule has 0 bridgehead atoms. The Morgan fingerprint density at radius 3 is 1.56 bits per heavy atom. The lowest BCUT2D eigenvalue weighted by Crippen LogP contribution is -1.92. The lowest BCUT2D eigenvalue weighted by molar-refractivity contribution is 0.330. The number of rotatable bonds is 3. The van der Waals surface area contributed by atoms with E-state index in [1.54, 1.807) is 0 Å². The molecule has 5 N–H and O–H groups in total. The third-order valence-corrected chi connectivity index (χ3v) is 10.4. The van der Waals surface area contributed by atoms with E-state index in [0.29, 0.717) is 16.3 Å². The molecule has 0 aliphatic carbocycles. The van der Waals surface area contributed by atoms with Crippen molar-refractivity contribution >= 4 is 65.0 Å². The summed E-state index contributed by atoms with van der Waals surface area (Å²) in [6, 6.07) is 46.8. The molecule has 0 radical (unpaired) electrons. The number of benzene rings is 9. The molecule has 0 saturated heterocycles. The van der Waals surface area contributed by atoms with Crippen molar-refractivity contribution in [3.8, 4) is 62.1 Å². The van der Waals surface area contributed by atoms with E-state index in [1.807, 2.05) is 60.7 Å². The number of phenols is 5. The van der Waals surface area contributed by atoms with Crippen LogP contribution in [0.3, 0.4) is 0 Å². The van der Waals surface area contributed by atoms with E-state index >= 15 is 0 Å². The fourth-order valence-electron chi connectivity index (χ4n) is 8.10. The zero-order valence-electron chi connectivity index (χ0n) is 27.4. The van der Waals surface area contributed by atoms with E-state index in [2.05, 4.69) is 78.9 Å². The average Bonchev–Trinajstić information content (AvgIpc) is 3.57. The molecule has 0 unspecified atom stereocenters. The van der Waals surface area contributed by atoms with Crippen LogP contribution in [0, 0.1) is 0 Å². The highest BCUT2D eigenvalue weighted by Crippen LogP contribution is 2.58. The summed E-state index contributed by atoms with van der Waals surface area (Å²) in [5.74, 6) is -4.33. The Bertz CT molecular complexity index is 3050. The lowest BCUT2D eigenvalue weighted by Gasteiger charge is -2.20. The molecule has 1 heterocycles. The molecule has 0 atom stereocenters. The van der Waals surface area contributed by atoms with Gasteiger partial charge in [-0.3, -0.25) is 0 Å². The molecule has 0 spiro atoms. The van der Waals surface area contributed by atoms with Crippen LogP contribution >= 0.6 is 0 Å². The summed E-state index contributed by atoms with van der Waals surface area (Å²) in [4.78, 5) is 0. The molecule has 9 aromatic carbocycles. The van der Waals surface area contributed by atoms with Gasteiger partial charge >= 0.3 is 0 Å². The van der Waals surface area contributed by atoms with E-state index in [1.165, 1.54) is 21.5 Å². The van der Waals surface area contributed by atoms with Crippen molar-refractivity contribution in [3.05, 3.63) is 140 Å². The van der Waals surface area contributed by atoms with Crippen molar-refractivity contribution in [2.24, 2.45) is 0 Å². The van der Waals surface area contributed by atoms with Crippen LogP contribution in [0.1, 0.15) is 0 Å². The van der Waals surface area contributed by atoms with Crippen molar-refractivity contribution in [1.82, 2.24) is 0 Å². The second-order valence-corrected chi connectivity index (χ2v) is 13.1. The van der Waals surface area contributed by atoms with Crippen LogP contribution in [0.4, 0.5) is 0 Å². The summed E-state index contributed by atoms with van der Waals surface area (Å²) in [6.07, 6.45) is 0. The average molecular weight is 677 g/mol. The molecule has 1 aromatic heterocycles. The molecule has 6 heteroatoms. The van der Waals surface area contributed by atoms with Gasteiger partial charge < -0.3 is 29.9 Å². The quantitative estimate of drug-likeness (QED) is 0.0551. The predicted molar refractivity (Wildman–Crippen MR) is 208 cm³/mol. The molecule has 0 amide bonds. The van der Waals surface area contributed by atoms with Gasteiger partial charge in [0.15, 0.2) is 11.5 Å². The minimum Gasteiger partial charge on any atom is -0.504 e. The van der Waals surface area contributed by atoms with Gasteiger partial charge in [0, 0.05) is 16.3 Å². The number of phenolic OH excluding ortho intramolecular Hbond substituents is 5. The Morgan fingerprint density at radius 1 is 0.327 bits per heavy atom.